The van der Waals surface area contributed by atoms with Crippen LogP contribution < -0.4 is 0 Å². The normalized spacial score (nSPS) is 12.8. The zero-order chi connectivity index (χ0) is 13.3. The van der Waals surface area contributed by atoms with Crippen LogP contribution in [-0.4, -0.2) is 29.9 Å². The van der Waals surface area contributed by atoms with Crippen LogP contribution in [0.5, 0.6) is 0 Å². The molecule has 0 heterocycles. The summed E-state index contributed by atoms with van der Waals surface area (Å²) in [5, 5.41) is 8.84. The Labute approximate surface area is 99.8 Å². The van der Waals surface area contributed by atoms with Crippen molar-refractivity contribution in [3.63, 3.8) is 0 Å². The SMILES string of the molecule is CC=CC=CC(=O)CC(CC(=O)OC)C(=O)O. The number of carboxylic acid groups (broad SMARTS) is 1. The standard InChI is InChI=1S/C12H16O5/c1-3-4-5-6-10(13)7-9(12(15)16)8-11(14)17-2/h3-6,9H,7-8H2,1-2H3,(H,15,16). The molecule has 5 nitrogen and oxygen atoms in total. The maximum absolute atomic E-state index is 11.4. The van der Waals surface area contributed by atoms with Gasteiger partial charge in [-0.2, -0.15) is 0 Å². The van der Waals surface area contributed by atoms with Crippen molar-refractivity contribution in [1.82, 2.24) is 0 Å². The minimum Gasteiger partial charge on any atom is -0.481 e. The van der Waals surface area contributed by atoms with Gasteiger partial charge in [0.2, 0.25) is 0 Å². The summed E-state index contributed by atoms with van der Waals surface area (Å²) in [6.07, 6.45) is 5.71. The van der Waals surface area contributed by atoms with Gasteiger partial charge in [0.25, 0.3) is 0 Å². The fourth-order valence-corrected chi connectivity index (χ4v) is 1.12. The molecule has 0 aromatic heterocycles. The minimum absolute atomic E-state index is 0.210. The van der Waals surface area contributed by atoms with Gasteiger partial charge in [0.1, 0.15) is 0 Å². The van der Waals surface area contributed by atoms with E-state index in [-0.39, 0.29) is 18.6 Å². The van der Waals surface area contributed by atoms with Gasteiger partial charge < -0.3 is 9.84 Å². The molecule has 0 radical (unpaired) electrons. The second-order valence-electron chi connectivity index (χ2n) is 3.37. The first-order chi connectivity index (χ1) is 8.01. The summed E-state index contributed by atoms with van der Waals surface area (Å²) in [6.45, 7) is 1.80. The molecule has 0 fully saturated rings. The molecule has 0 saturated heterocycles. The molecule has 0 bridgehead atoms. The molecule has 0 aliphatic heterocycles. The number of allylic oxidation sites excluding steroid dienone is 4. The molecule has 0 saturated carbocycles. The van der Waals surface area contributed by atoms with E-state index in [2.05, 4.69) is 4.74 Å². The third kappa shape index (κ3) is 7.05. The van der Waals surface area contributed by atoms with E-state index in [0.717, 1.165) is 0 Å². The van der Waals surface area contributed by atoms with E-state index >= 15 is 0 Å². The molecule has 0 aliphatic rings. The highest BCUT2D eigenvalue weighted by atomic mass is 16.5. The first-order valence-electron chi connectivity index (χ1n) is 5.13. The van der Waals surface area contributed by atoms with E-state index in [1.807, 2.05) is 0 Å². The van der Waals surface area contributed by atoms with Crippen LogP contribution in [0.4, 0.5) is 0 Å². The first-order valence-corrected chi connectivity index (χ1v) is 5.13. The summed E-state index contributed by atoms with van der Waals surface area (Å²) in [7, 11) is 1.18. The Morgan fingerprint density at radius 1 is 1.24 bits per heavy atom. The van der Waals surface area contributed by atoms with Gasteiger partial charge >= 0.3 is 11.9 Å². The molecule has 1 N–H and O–H groups in total. The van der Waals surface area contributed by atoms with Crippen molar-refractivity contribution in [2.45, 2.75) is 19.8 Å². The molecule has 17 heavy (non-hydrogen) atoms. The van der Waals surface area contributed by atoms with Crippen molar-refractivity contribution in [3.05, 3.63) is 24.3 Å². The number of hydrogen-bond acceptors (Lipinski definition) is 4. The van der Waals surface area contributed by atoms with Crippen molar-refractivity contribution in [2.24, 2.45) is 5.92 Å². The molecule has 1 unspecified atom stereocenters. The van der Waals surface area contributed by atoms with Crippen LogP contribution in [0.15, 0.2) is 24.3 Å². The maximum atomic E-state index is 11.4. The van der Waals surface area contributed by atoms with Crippen LogP contribution in [0.1, 0.15) is 19.8 Å². The van der Waals surface area contributed by atoms with E-state index < -0.39 is 17.9 Å². The van der Waals surface area contributed by atoms with Crippen molar-refractivity contribution >= 4 is 17.7 Å². The lowest BCUT2D eigenvalue weighted by Crippen LogP contribution is -2.21. The Hall–Kier alpha value is -1.91. The smallest absolute Gasteiger partial charge is 0.307 e. The Balaban J connectivity index is 4.40. The molecule has 5 heteroatoms. The molecule has 0 aliphatic carbocycles. The predicted molar refractivity (Wildman–Crippen MR) is 61.3 cm³/mol. The van der Waals surface area contributed by atoms with E-state index in [1.165, 1.54) is 19.3 Å². The van der Waals surface area contributed by atoms with Crippen molar-refractivity contribution in [2.75, 3.05) is 7.11 Å². The van der Waals surface area contributed by atoms with Crippen LogP contribution in [0, 0.1) is 5.92 Å². The number of carboxylic acids is 1. The molecule has 94 valence electrons. The van der Waals surface area contributed by atoms with Crippen LogP contribution in [-0.2, 0) is 19.1 Å². The van der Waals surface area contributed by atoms with Gasteiger partial charge in [-0.05, 0) is 13.0 Å². The fraction of sp³-hybridized carbons (Fsp3) is 0.417. The predicted octanol–water partition coefficient (Wildman–Crippen LogP) is 1.34. The van der Waals surface area contributed by atoms with Crippen molar-refractivity contribution in [1.29, 1.82) is 0 Å². The number of ketones is 1. The average Bonchev–Trinajstić information content (AvgIpc) is 2.28. The zero-order valence-electron chi connectivity index (χ0n) is 9.88. The molecule has 0 amide bonds. The van der Waals surface area contributed by atoms with Gasteiger partial charge in [0.15, 0.2) is 5.78 Å². The molecular formula is C12H16O5. The summed E-state index contributed by atoms with van der Waals surface area (Å²) < 4.78 is 4.37. The number of hydrogen-bond donors (Lipinski definition) is 1. The molecule has 0 rings (SSSR count). The lowest BCUT2D eigenvalue weighted by molar-refractivity contribution is -0.150. The number of ether oxygens (including phenoxy) is 1. The van der Waals surface area contributed by atoms with E-state index in [1.54, 1.807) is 19.1 Å². The highest BCUT2D eigenvalue weighted by Gasteiger charge is 2.23. The van der Waals surface area contributed by atoms with E-state index in [9.17, 15) is 14.4 Å². The molecule has 0 spiro atoms. The number of carbonyl (C=O) groups is 3. The average molecular weight is 240 g/mol. The van der Waals surface area contributed by atoms with Crippen LogP contribution in [0.25, 0.3) is 0 Å². The van der Waals surface area contributed by atoms with Gasteiger partial charge in [-0.3, -0.25) is 14.4 Å². The Morgan fingerprint density at radius 2 is 1.88 bits per heavy atom. The summed E-state index contributed by atoms with van der Waals surface area (Å²) in [5.74, 6) is -3.18. The van der Waals surface area contributed by atoms with Gasteiger partial charge in [-0.15, -0.1) is 0 Å². The third-order valence-corrected chi connectivity index (χ3v) is 2.02. The van der Waals surface area contributed by atoms with E-state index in [4.69, 9.17) is 5.11 Å². The zero-order valence-corrected chi connectivity index (χ0v) is 9.88. The number of rotatable bonds is 7. The Kier molecular flexibility index (Phi) is 7.34. The minimum atomic E-state index is -1.18. The second kappa shape index (κ2) is 8.27. The van der Waals surface area contributed by atoms with Crippen LogP contribution in [0.3, 0.4) is 0 Å². The second-order valence-corrected chi connectivity index (χ2v) is 3.37. The summed E-state index contributed by atoms with van der Waals surface area (Å²) in [4.78, 5) is 33.1. The quantitative estimate of drug-likeness (QED) is 0.412. The summed E-state index contributed by atoms with van der Waals surface area (Å²) in [6, 6.07) is 0. The molecule has 0 aromatic rings. The van der Waals surface area contributed by atoms with Gasteiger partial charge in [0, 0.05) is 6.42 Å². The fourth-order valence-electron chi connectivity index (χ4n) is 1.12. The third-order valence-electron chi connectivity index (χ3n) is 2.02. The molecular weight excluding hydrogens is 224 g/mol. The summed E-state index contributed by atoms with van der Waals surface area (Å²) in [5.41, 5.74) is 0. The topological polar surface area (TPSA) is 80.7 Å². The number of aliphatic carboxylic acids is 1. The lowest BCUT2D eigenvalue weighted by Gasteiger charge is -2.08. The monoisotopic (exact) mass is 240 g/mol. The van der Waals surface area contributed by atoms with Gasteiger partial charge in [0.05, 0.1) is 19.4 Å². The summed E-state index contributed by atoms with van der Waals surface area (Å²) >= 11 is 0. The highest BCUT2D eigenvalue weighted by Crippen LogP contribution is 2.11. The van der Waals surface area contributed by atoms with Crippen molar-refractivity contribution < 1.29 is 24.2 Å². The van der Waals surface area contributed by atoms with Crippen LogP contribution >= 0.6 is 0 Å². The van der Waals surface area contributed by atoms with Gasteiger partial charge in [-0.1, -0.05) is 18.2 Å². The number of methoxy groups -OCH3 is 1. The lowest BCUT2D eigenvalue weighted by atomic mass is 9.99. The van der Waals surface area contributed by atoms with Crippen LogP contribution in [0.2, 0.25) is 0 Å². The van der Waals surface area contributed by atoms with Gasteiger partial charge in [-0.25, -0.2) is 0 Å². The molecule has 0 aromatic carbocycles. The first kappa shape index (κ1) is 15.1. The maximum Gasteiger partial charge on any atom is 0.307 e. The Morgan fingerprint density at radius 3 is 2.35 bits per heavy atom. The number of carbonyl (C=O) groups excluding carboxylic acids is 2. The Bertz CT molecular complexity index is 341. The van der Waals surface area contributed by atoms with Crippen molar-refractivity contribution in [3.8, 4) is 0 Å². The largest absolute Gasteiger partial charge is 0.481 e. The number of esters is 1. The van der Waals surface area contributed by atoms with E-state index in [0.29, 0.717) is 0 Å². The molecule has 1 atom stereocenters. The highest BCUT2D eigenvalue weighted by molar-refractivity contribution is 5.93.